The van der Waals surface area contributed by atoms with E-state index >= 15 is 0 Å². The van der Waals surface area contributed by atoms with Crippen LogP contribution < -0.4 is 11.1 Å². The molecule has 1 aromatic carbocycles. The Balaban J connectivity index is 2.43. The van der Waals surface area contributed by atoms with Gasteiger partial charge in [-0.05, 0) is 17.7 Å². The van der Waals surface area contributed by atoms with Crippen molar-refractivity contribution in [2.75, 3.05) is 19.6 Å². The average molecular weight is 198 g/mol. The summed E-state index contributed by atoms with van der Waals surface area (Å²) in [5, 5.41) is 12.6. The third kappa shape index (κ3) is 3.41. The zero-order valence-electron chi connectivity index (χ0n) is 7.91. The highest BCUT2D eigenvalue weighted by Gasteiger charge is 2.05. The highest BCUT2D eigenvalue weighted by atomic mass is 19.1. The van der Waals surface area contributed by atoms with Gasteiger partial charge in [-0.3, -0.25) is 0 Å². The van der Waals surface area contributed by atoms with Crippen molar-refractivity contribution in [2.45, 2.75) is 6.10 Å². The van der Waals surface area contributed by atoms with Gasteiger partial charge in [-0.2, -0.15) is 0 Å². The van der Waals surface area contributed by atoms with Crippen molar-refractivity contribution in [1.82, 2.24) is 5.32 Å². The first-order chi connectivity index (χ1) is 6.74. The Kier molecular flexibility index (Phi) is 4.52. The van der Waals surface area contributed by atoms with E-state index in [1.54, 1.807) is 12.1 Å². The molecule has 4 heteroatoms. The molecule has 4 N–H and O–H groups in total. The number of rotatable bonds is 5. The molecular formula is C10H15FN2O. The molecule has 1 atom stereocenters. The summed E-state index contributed by atoms with van der Waals surface area (Å²) in [7, 11) is 0. The van der Waals surface area contributed by atoms with Crippen molar-refractivity contribution < 1.29 is 9.50 Å². The lowest BCUT2D eigenvalue weighted by Crippen LogP contribution is -2.27. The van der Waals surface area contributed by atoms with E-state index in [1.165, 1.54) is 12.1 Å². The van der Waals surface area contributed by atoms with E-state index in [9.17, 15) is 9.50 Å². The Morgan fingerprint density at radius 2 is 2.00 bits per heavy atom. The van der Waals surface area contributed by atoms with E-state index in [-0.39, 0.29) is 5.82 Å². The second kappa shape index (κ2) is 5.70. The van der Waals surface area contributed by atoms with Gasteiger partial charge in [0.15, 0.2) is 0 Å². The molecule has 0 saturated carbocycles. The molecule has 0 amide bonds. The molecule has 0 saturated heterocycles. The van der Waals surface area contributed by atoms with Gasteiger partial charge >= 0.3 is 0 Å². The third-order valence-corrected chi connectivity index (χ3v) is 1.91. The number of nitrogens with two attached hydrogens (primary N) is 1. The standard InChI is InChI=1S/C10H15FN2O/c11-9-3-1-8(2-4-9)10(14)7-13-6-5-12/h1-4,10,13-14H,5-7,12H2. The third-order valence-electron chi connectivity index (χ3n) is 1.91. The number of aliphatic hydroxyl groups excluding tert-OH is 1. The maximum atomic E-state index is 12.5. The lowest BCUT2D eigenvalue weighted by molar-refractivity contribution is 0.175. The van der Waals surface area contributed by atoms with Crippen molar-refractivity contribution in [3.8, 4) is 0 Å². The number of hydrogen-bond donors (Lipinski definition) is 3. The molecule has 1 aromatic rings. The number of hydrogen-bond acceptors (Lipinski definition) is 3. The Hall–Kier alpha value is -0.970. The van der Waals surface area contributed by atoms with Crippen molar-refractivity contribution >= 4 is 0 Å². The van der Waals surface area contributed by atoms with Gasteiger partial charge in [-0.15, -0.1) is 0 Å². The lowest BCUT2D eigenvalue weighted by atomic mass is 10.1. The first kappa shape index (κ1) is 11.1. The summed E-state index contributed by atoms with van der Waals surface area (Å²) in [5.41, 5.74) is 5.98. The molecule has 3 nitrogen and oxygen atoms in total. The maximum absolute atomic E-state index is 12.5. The van der Waals surface area contributed by atoms with Gasteiger partial charge in [-0.25, -0.2) is 4.39 Å². The van der Waals surface area contributed by atoms with Crippen LogP contribution in [0.4, 0.5) is 4.39 Å². The molecule has 0 heterocycles. The predicted octanol–water partition coefficient (Wildman–Crippen LogP) is 0.407. The molecule has 0 spiro atoms. The second-order valence-corrected chi connectivity index (χ2v) is 3.06. The largest absolute Gasteiger partial charge is 0.387 e. The van der Waals surface area contributed by atoms with Gasteiger partial charge in [0.25, 0.3) is 0 Å². The molecule has 0 fully saturated rings. The highest BCUT2D eigenvalue weighted by Crippen LogP contribution is 2.11. The topological polar surface area (TPSA) is 58.3 Å². The number of nitrogens with one attached hydrogen (secondary N) is 1. The van der Waals surface area contributed by atoms with Crippen molar-refractivity contribution in [3.05, 3.63) is 35.6 Å². The number of benzene rings is 1. The number of halogens is 1. The SMILES string of the molecule is NCCNCC(O)c1ccc(F)cc1. The van der Waals surface area contributed by atoms with Crippen LogP contribution in [0.2, 0.25) is 0 Å². The van der Waals surface area contributed by atoms with Gasteiger partial charge in [0.1, 0.15) is 5.82 Å². The van der Waals surface area contributed by atoms with Crippen LogP contribution in [0.3, 0.4) is 0 Å². The monoisotopic (exact) mass is 198 g/mol. The second-order valence-electron chi connectivity index (χ2n) is 3.06. The van der Waals surface area contributed by atoms with Gasteiger partial charge in [0, 0.05) is 19.6 Å². The Morgan fingerprint density at radius 3 is 2.57 bits per heavy atom. The fraction of sp³-hybridized carbons (Fsp3) is 0.400. The number of aliphatic hydroxyl groups is 1. The van der Waals surface area contributed by atoms with Crippen molar-refractivity contribution in [2.24, 2.45) is 5.73 Å². The molecule has 0 bridgehead atoms. The quantitative estimate of drug-likeness (QED) is 0.600. The minimum absolute atomic E-state index is 0.295. The van der Waals surface area contributed by atoms with E-state index in [2.05, 4.69) is 5.32 Å². The van der Waals surface area contributed by atoms with Gasteiger partial charge in [0.05, 0.1) is 6.10 Å². The smallest absolute Gasteiger partial charge is 0.123 e. The van der Waals surface area contributed by atoms with Crippen LogP contribution in [-0.4, -0.2) is 24.7 Å². The minimum atomic E-state index is -0.609. The summed E-state index contributed by atoms with van der Waals surface area (Å²) >= 11 is 0. The van der Waals surface area contributed by atoms with Crippen LogP contribution in [0.5, 0.6) is 0 Å². The summed E-state index contributed by atoms with van der Waals surface area (Å²) in [5.74, 6) is -0.295. The summed E-state index contributed by atoms with van der Waals surface area (Å²) in [6, 6.07) is 5.82. The van der Waals surface area contributed by atoms with Crippen LogP contribution in [0, 0.1) is 5.82 Å². The summed E-state index contributed by atoms with van der Waals surface area (Å²) in [6.07, 6.45) is -0.609. The fourth-order valence-electron chi connectivity index (χ4n) is 1.14. The van der Waals surface area contributed by atoms with Crippen molar-refractivity contribution in [3.63, 3.8) is 0 Å². The first-order valence-electron chi connectivity index (χ1n) is 4.58. The van der Waals surface area contributed by atoms with Crippen LogP contribution >= 0.6 is 0 Å². The predicted molar refractivity (Wildman–Crippen MR) is 53.3 cm³/mol. The van der Waals surface area contributed by atoms with Crippen molar-refractivity contribution in [1.29, 1.82) is 0 Å². The van der Waals surface area contributed by atoms with E-state index < -0.39 is 6.10 Å². The minimum Gasteiger partial charge on any atom is -0.387 e. The first-order valence-corrected chi connectivity index (χ1v) is 4.58. The molecule has 0 aliphatic rings. The fourth-order valence-corrected chi connectivity index (χ4v) is 1.14. The summed E-state index contributed by atoms with van der Waals surface area (Å²) in [4.78, 5) is 0. The van der Waals surface area contributed by atoms with E-state index in [0.29, 0.717) is 25.2 Å². The highest BCUT2D eigenvalue weighted by molar-refractivity contribution is 5.18. The van der Waals surface area contributed by atoms with E-state index in [4.69, 9.17) is 5.73 Å². The Labute approximate surface area is 82.7 Å². The Bertz CT molecular complexity index is 263. The van der Waals surface area contributed by atoms with Crippen LogP contribution in [0.15, 0.2) is 24.3 Å². The zero-order valence-corrected chi connectivity index (χ0v) is 7.91. The van der Waals surface area contributed by atoms with Crippen LogP contribution in [-0.2, 0) is 0 Å². The van der Waals surface area contributed by atoms with E-state index in [1.807, 2.05) is 0 Å². The molecule has 0 aliphatic carbocycles. The maximum Gasteiger partial charge on any atom is 0.123 e. The zero-order chi connectivity index (χ0) is 10.4. The molecular weight excluding hydrogens is 183 g/mol. The molecule has 14 heavy (non-hydrogen) atoms. The summed E-state index contributed by atoms with van der Waals surface area (Å²) in [6.45, 7) is 1.64. The molecule has 1 rings (SSSR count). The summed E-state index contributed by atoms with van der Waals surface area (Å²) < 4.78 is 12.5. The molecule has 1 unspecified atom stereocenters. The van der Waals surface area contributed by atoms with Gasteiger partial charge in [0.2, 0.25) is 0 Å². The van der Waals surface area contributed by atoms with Gasteiger partial charge in [-0.1, -0.05) is 12.1 Å². The lowest BCUT2D eigenvalue weighted by Gasteiger charge is -2.11. The van der Waals surface area contributed by atoms with Gasteiger partial charge < -0.3 is 16.2 Å². The molecule has 0 radical (unpaired) electrons. The molecule has 78 valence electrons. The Morgan fingerprint density at radius 1 is 1.36 bits per heavy atom. The average Bonchev–Trinajstić information content (AvgIpc) is 2.19. The van der Waals surface area contributed by atoms with Crippen LogP contribution in [0.25, 0.3) is 0 Å². The molecule has 0 aliphatic heterocycles. The normalized spacial score (nSPS) is 12.8. The van der Waals surface area contributed by atoms with E-state index in [0.717, 1.165) is 0 Å². The van der Waals surface area contributed by atoms with Crippen LogP contribution in [0.1, 0.15) is 11.7 Å². The molecule has 0 aromatic heterocycles.